The summed E-state index contributed by atoms with van der Waals surface area (Å²) in [6.07, 6.45) is 2.64. The number of aromatic nitrogens is 1. The van der Waals surface area contributed by atoms with Crippen LogP contribution in [0.25, 0.3) is 10.9 Å². The summed E-state index contributed by atoms with van der Waals surface area (Å²) in [6.45, 7) is 4.33. The van der Waals surface area contributed by atoms with Gasteiger partial charge in [-0.15, -0.1) is 0 Å². The van der Waals surface area contributed by atoms with E-state index in [1.165, 1.54) is 0 Å². The van der Waals surface area contributed by atoms with Gasteiger partial charge >= 0.3 is 0 Å². The first-order chi connectivity index (χ1) is 15.1. The molecule has 166 valence electrons. The van der Waals surface area contributed by atoms with Crippen LogP contribution in [0, 0.1) is 0 Å². The fourth-order valence-corrected chi connectivity index (χ4v) is 3.50. The summed E-state index contributed by atoms with van der Waals surface area (Å²) in [5.41, 5.74) is 3.25. The fourth-order valence-electron chi connectivity index (χ4n) is 3.50. The number of hydrogen-bond donors (Lipinski definition) is 4. The molecule has 0 radical (unpaired) electrons. The van der Waals surface area contributed by atoms with Crippen molar-refractivity contribution < 1.29 is 14.6 Å². The quantitative estimate of drug-likeness (QED) is 0.227. The molecule has 1 aromatic heterocycles. The second kappa shape index (κ2) is 11.2. The minimum Gasteiger partial charge on any atom is -0.508 e. The van der Waals surface area contributed by atoms with E-state index in [9.17, 15) is 5.11 Å². The Kier molecular flexibility index (Phi) is 8.04. The van der Waals surface area contributed by atoms with E-state index in [0.717, 1.165) is 78.5 Å². The number of hydrogen-bond acceptors (Lipinski definition) is 4. The van der Waals surface area contributed by atoms with Crippen LogP contribution in [0.15, 0.2) is 47.5 Å². The molecule has 0 bridgehead atoms. The molecule has 3 rings (SSSR count). The predicted molar refractivity (Wildman–Crippen MR) is 126 cm³/mol. The van der Waals surface area contributed by atoms with Gasteiger partial charge in [0.15, 0.2) is 5.96 Å². The van der Waals surface area contributed by atoms with Crippen molar-refractivity contribution in [3.63, 3.8) is 0 Å². The Bertz CT molecular complexity index is 1010. The number of aryl methyl sites for hydroxylation is 1. The van der Waals surface area contributed by atoms with E-state index in [0.29, 0.717) is 5.75 Å². The van der Waals surface area contributed by atoms with Crippen molar-refractivity contribution in [2.45, 2.75) is 26.2 Å². The number of nitrogens with zero attached hydrogens (tertiary/aromatic N) is 1. The van der Waals surface area contributed by atoms with Crippen molar-refractivity contribution in [2.75, 3.05) is 33.9 Å². The lowest BCUT2D eigenvalue weighted by Crippen LogP contribution is -2.38. The van der Waals surface area contributed by atoms with Gasteiger partial charge in [-0.25, -0.2) is 0 Å². The molecule has 0 aliphatic heterocycles. The van der Waals surface area contributed by atoms with Crippen LogP contribution in [0.3, 0.4) is 0 Å². The van der Waals surface area contributed by atoms with Crippen molar-refractivity contribution in [3.8, 4) is 17.2 Å². The van der Waals surface area contributed by atoms with E-state index in [4.69, 9.17) is 9.47 Å². The number of benzene rings is 2. The minimum absolute atomic E-state index is 0.297. The third-order valence-electron chi connectivity index (χ3n) is 5.02. The summed E-state index contributed by atoms with van der Waals surface area (Å²) in [5, 5.41) is 17.3. The highest BCUT2D eigenvalue weighted by molar-refractivity contribution is 5.88. The van der Waals surface area contributed by atoms with Gasteiger partial charge < -0.3 is 30.2 Å². The zero-order valence-electron chi connectivity index (χ0n) is 18.5. The highest BCUT2D eigenvalue weighted by atomic mass is 16.5. The first-order valence-corrected chi connectivity index (χ1v) is 10.7. The van der Waals surface area contributed by atoms with Crippen molar-refractivity contribution in [2.24, 2.45) is 4.99 Å². The number of H-pyrrole nitrogens is 1. The second-order valence-corrected chi connectivity index (χ2v) is 7.30. The van der Waals surface area contributed by atoms with E-state index < -0.39 is 0 Å². The molecular formula is C24H32N4O3. The molecule has 0 saturated heterocycles. The Balaban J connectivity index is 1.52. The highest BCUT2D eigenvalue weighted by Gasteiger charge is 2.09. The largest absolute Gasteiger partial charge is 0.508 e. The maximum Gasteiger partial charge on any atom is 0.191 e. The van der Waals surface area contributed by atoms with Gasteiger partial charge in [-0.3, -0.25) is 4.99 Å². The minimum atomic E-state index is 0.297. The molecule has 2 aromatic carbocycles. The SMILES string of the molecule is CCNC(=NCCCc1cc2c(OC)cc(OC)cc2[nH]1)NCCc1cccc(O)c1. The molecule has 0 amide bonds. The number of fused-ring (bicyclic) bond motifs is 1. The summed E-state index contributed by atoms with van der Waals surface area (Å²) in [7, 11) is 3.33. The van der Waals surface area contributed by atoms with E-state index in [2.05, 4.69) is 33.6 Å². The summed E-state index contributed by atoms with van der Waals surface area (Å²) < 4.78 is 10.8. The molecule has 0 aliphatic rings. The number of rotatable bonds is 10. The van der Waals surface area contributed by atoms with Crippen LogP contribution >= 0.6 is 0 Å². The number of nitrogens with one attached hydrogen (secondary N) is 3. The Labute approximate surface area is 183 Å². The zero-order valence-corrected chi connectivity index (χ0v) is 18.5. The molecule has 0 saturated carbocycles. The summed E-state index contributed by atoms with van der Waals surface area (Å²) in [6, 6.07) is 13.4. The molecule has 0 atom stereocenters. The summed E-state index contributed by atoms with van der Waals surface area (Å²) >= 11 is 0. The van der Waals surface area contributed by atoms with Crippen LogP contribution in [0.1, 0.15) is 24.6 Å². The molecule has 1 heterocycles. The van der Waals surface area contributed by atoms with Gasteiger partial charge in [-0.1, -0.05) is 12.1 Å². The maximum atomic E-state index is 9.57. The van der Waals surface area contributed by atoms with Gasteiger partial charge in [-0.05, 0) is 49.9 Å². The number of aromatic amines is 1. The van der Waals surface area contributed by atoms with Crippen LogP contribution in [0.5, 0.6) is 17.2 Å². The third-order valence-corrected chi connectivity index (χ3v) is 5.02. The van der Waals surface area contributed by atoms with E-state index in [-0.39, 0.29) is 0 Å². The molecule has 3 aromatic rings. The molecule has 31 heavy (non-hydrogen) atoms. The molecule has 0 aliphatic carbocycles. The number of guanidine groups is 1. The van der Waals surface area contributed by atoms with Crippen molar-refractivity contribution in [1.82, 2.24) is 15.6 Å². The normalized spacial score (nSPS) is 11.5. The second-order valence-electron chi connectivity index (χ2n) is 7.30. The van der Waals surface area contributed by atoms with Gasteiger partial charge in [0.2, 0.25) is 0 Å². The van der Waals surface area contributed by atoms with Gasteiger partial charge in [0.05, 0.1) is 19.7 Å². The number of aliphatic imine (C=N–C) groups is 1. The molecule has 7 nitrogen and oxygen atoms in total. The first-order valence-electron chi connectivity index (χ1n) is 10.7. The van der Waals surface area contributed by atoms with Gasteiger partial charge in [0, 0.05) is 42.8 Å². The highest BCUT2D eigenvalue weighted by Crippen LogP contribution is 2.31. The van der Waals surface area contributed by atoms with Crippen LogP contribution in [0.2, 0.25) is 0 Å². The van der Waals surface area contributed by atoms with Crippen molar-refractivity contribution in [1.29, 1.82) is 0 Å². The van der Waals surface area contributed by atoms with E-state index in [1.807, 2.05) is 24.3 Å². The molecular weight excluding hydrogens is 392 g/mol. The molecule has 7 heteroatoms. The number of aromatic hydroxyl groups is 1. The van der Waals surface area contributed by atoms with Crippen molar-refractivity contribution >= 4 is 16.9 Å². The molecule has 0 spiro atoms. The number of phenols is 1. The predicted octanol–water partition coefficient (Wildman–Crippen LogP) is 3.62. The smallest absolute Gasteiger partial charge is 0.191 e. The average Bonchev–Trinajstić information content (AvgIpc) is 3.18. The number of phenolic OH excluding ortho intramolecular Hbond substituents is 1. The molecule has 4 N–H and O–H groups in total. The van der Waals surface area contributed by atoms with Crippen LogP contribution in [-0.2, 0) is 12.8 Å². The van der Waals surface area contributed by atoms with Gasteiger partial charge in [-0.2, -0.15) is 0 Å². The standard InChI is InChI=1S/C24H32N4O3/c1-4-25-24(27-12-10-17-7-5-9-19(29)13-17)26-11-6-8-18-14-21-22(28-18)15-20(30-2)16-23(21)31-3/h5,7,9,13-16,28-29H,4,6,8,10-12H2,1-3H3,(H2,25,26,27). The maximum absolute atomic E-state index is 9.57. The summed E-state index contributed by atoms with van der Waals surface area (Å²) in [4.78, 5) is 8.13. The molecule has 0 fully saturated rings. The Morgan fingerprint density at radius 3 is 2.68 bits per heavy atom. The Morgan fingerprint density at radius 1 is 1.06 bits per heavy atom. The first kappa shape index (κ1) is 22.3. The van der Waals surface area contributed by atoms with E-state index >= 15 is 0 Å². The lowest BCUT2D eigenvalue weighted by atomic mass is 10.1. The molecule has 0 unspecified atom stereocenters. The van der Waals surface area contributed by atoms with Crippen LogP contribution in [-0.4, -0.2) is 49.9 Å². The lowest BCUT2D eigenvalue weighted by Gasteiger charge is -2.11. The average molecular weight is 425 g/mol. The topological polar surface area (TPSA) is 90.9 Å². The number of ether oxygens (including phenoxy) is 2. The third kappa shape index (κ3) is 6.31. The zero-order chi connectivity index (χ0) is 22.1. The van der Waals surface area contributed by atoms with Gasteiger partial charge in [0.25, 0.3) is 0 Å². The van der Waals surface area contributed by atoms with Gasteiger partial charge in [0.1, 0.15) is 17.2 Å². The lowest BCUT2D eigenvalue weighted by molar-refractivity contribution is 0.398. The summed E-state index contributed by atoms with van der Waals surface area (Å²) in [5.74, 6) is 2.69. The van der Waals surface area contributed by atoms with E-state index in [1.54, 1.807) is 26.4 Å². The Morgan fingerprint density at radius 2 is 1.94 bits per heavy atom. The fraction of sp³-hybridized carbons (Fsp3) is 0.375. The van der Waals surface area contributed by atoms with Crippen molar-refractivity contribution in [3.05, 3.63) is 53.7 Å². The Hall–Kier alpha value is -3.35. The van der Waals surface area contributed by atoms with Crippen LogP contribution < -0.4 is 20.1 Å². The number of methoxy groups -OCH3 is 2. The monoisotopic (exact) mass is 424 g/mol. The van der Waals surface area contributed by atoms with Crippen LogP contribution in [0.4, 0.5) is 0 Å².